The highest BCUT2D eigenvalue weighted by Crippen LogP contribution is 2.13. The molecule has 0 saturated heterocycles. The van der Waals surface area contributed by atoms with Crippen molar-refractivity contribution < 1.29 is 14.6 Å². The highest BCUT2D eigenvalue weighted by Gasteiger charge is 1.98. The molecule has 0 bridgehead atoms. The zero-order valence-electron chi connectivity index (χ0n) is 10.5. The maximum atomic E-state index is 9.13. The van der Waals surface area contributed by atoms with Gasteiger partial charge in [0.25, 0.3) is 0 Å². The van der Waals surface area contributed by atoms with Crippen molar-refractivity contribution in [2.75, 3.05) is 26.9 Å². The monoisotopic (exact) mass is 239 g/mol. The van der Waals surface area contributed by atoms with E-state index in [1.54, 1.807) is 14.0 Å². The van der Waals surface area contributed by atoms with E-state index in [9.17, 15) is 0 Å². The van der Waals surface area contributed by atoms with E-state index in [1.165, 1.54) is 0 Å². The van der Waals surface area contributed by atoms with Gasteiger partial charge in [-0.1, -0.05) is 12.1 Å². The van der Waals surface area contributed by atoms with Crippen LogP contribution in [-0.4, -0.2) is 38.1 Å². The van der Waals surface area contributed by atoms with Crippen LogP contribution in [0.5, 0.6) is 5.75 Å². The van der Waals surface area contributed by atoms with Gasteiger partial charge in [-0.15, -0.1) is 0 Å². The summed E-state index contributed by atoms with van der Waals surface area (Å²) in [6, 6.07) is 7.90. The molecule has 0 aliphatic heterocycles. The summed E-state index contributed by atoms with van der Waals surface area (Å²) in [4.78, 5) is 0. The maximum Gasteiger partial charge on any atom is 0.119 e. The van der Waals surface area contributed by atoms with Crippen molar-refractivity contribution in [2.45, 2.75) is 19.6 Å². The molecule has 0 spiro atoms. The molecule has 0 fully saturated rings. The lowest BCUT2D eigenvalue weighted by Crippen LogP contribution is -2.23. The molecule has 0 saturated carbocycles. The lowest BCUT2D eigenvalue weighted by atomic mass is 10.2. The third kappa shape index (κ3) is 6.26. The first-order valence-electron chi connectivity index (χ1n) is 5.82. The Morgan fingerprint density at radius 3 is 2.88 bits per heavy atom. The first-order valence-corrected chi connectivity index (χ1v) is 5.82. The largest absolute Gasteiger partial charge is 0.491 e. The average molecular weight is 239 g/mol. The summed E-state index contributed by atoms with van der Waals surface area (Å²) >= 11 is 0. The van der Waals surface area contributed by atoms with Gasteiger partial charge in [0, 0.05) is 20.2 Å². The molecule has 4 nitrogen and oxygen atoms in total. The molecule has 4 heteroatoms. The standard InChI is InChI=1S/C13H21NO3/c1-11(15)9-14-10-12-4-3-5-13(8-12)17-7-6-16-2/h3-5,8,11,14-15H,6-7,9-10H2,1-2H3. The molecular weight excluding hydrogens is 218 g/mol. The number of hydrogen-bond acceptors (Lipinski definition) is 4. The molecule has 0 aliphatic rings. The Balaban J connectivity index is 2.37. The van der Waals surface area contributed by atoms with E-state index in [2.05, 4.69) is 5.32 Å². The highest BCUT2D eigenvalue weighted by molar-refractivity contribution is 5.28. The topological polar surface area (TPSA) is 50.7 Å². The van der Waals surface area contributed by atoms with Crippen LogP contribution in [0.3, 0.4) is 0 Å². The smallest absolute Gasteiger partial charge is 0.119 e. The minimum atomic E-state index is -0.323. The average Bonchev–Trinajstić information content (AvgIpc) is 2.29. The molecule has 0 radical (unpaired) electrons. The zero-order chi connectivity index (χ0) is 12.5. The predicted octanol–water partition coefficient (Wildman–Crippen LogP) is 1.18. The van der Waals surface area contributed by atoms with Crippen LogP contribution in [0.2, 0.25) is 0 Å². The van der Waals surface area contributed by atoms with Gasteiger partial charge in [-0.25, -0.2) is 0 Å². The molecule has 1 unspecified atom stereocenters. The molecule has 1 atom stereocenters. The molecule has 2 N–H and O–H groups in total. The van der Waals surface area contributed by atoms with E-state index in [-0.39, 0.29) is 6.10 Å². The fraction of sp³-hybridized carbons (Fsp3) is 0.538. The maximum absolute atomic E-state index is 9.13. The fourth-order valence-electron chi connectivity index (χ4n) is 1.41. The van der Waals surface area contributed by atoms with E-state index >= 15 is 0 Å². The molecular formula is C13H21NO3. The summed E-state index contributed by atoms with van der Waals surface area (Å²) in [5.41, 5.74) is 1.14. The minimum absolute atomic E-state index is 0.323. The molecule has 96 valence electrons. The second kappa shape index (κ2) is 8.06. The third-order valence-electron chi connectivity index (χ3n) is 2.22. The Morgan fingerprint density at radius 1 is 1.35 bits per heavy atom. The Bertz CT molecular complexity index is 315. The van der Waals surface area contributed by atoms with Gasteiger partial charge in [0.15, 0.2) is 0 Å². The summed E-state index contributed by atoms with van der Waals surface area (Å²) in [6.45, 7) is 4.23. The first kappa shape index (κ1) is 14.0. The molecule has 0 aliphatic carbocycles. The van der Waals surface area contributed by atoms with Crippen molar-refractivity contribution in [3.63, 3.8) is 0 Å². The van der Waals surface area contributed by atoms with Crippen LogP contribution >= 0.6 is 0 Å². The molecule has 0 amide bonds. The van der Waals surface area contributed by atoms with Crippen LogP contribution in [0.4, 0.5) is 0 Å². The minimum Gasteiger partial charge on any atom is -0.491 e. The zero-order valence-corrected chi connectivity index (χ0v) is 10.5. The van der Waals surface area contributed by atoms with Gasteiger partial charge >= 0.3 is 0 Å². The van der Waals surface area contributed by atoms with E-state index in [0.717, 1.165) is 17.9 Å². The van der Waals surface area contributed by atoms with Crippen LogP contribution in [0, 0.1) is 0 Å². The SMILES string of the molecule is COCCOc1cccc(CNCC(C)O)c1. The summed E-state index contributed by atoms with van der Waals surface area (Å²) < 4.78 is 10.4. The molecule has 1 aromatic rings. The number of hydrogen-bond donors (Lipinski definition) is 2. The number of aliphatic hydroxyl groups excluding tert-OH is 1. The Kier molecular flexibility index (Phi) is 6.62. The molecule has 0 aromatic heterocycles. The Labute approximate surface area is 103 Å². The Hall–Kier alpha value is -1.10. The van der Waals surface area contributed by atoms with Crippen molar-refractivity contribution in [2.24, 2.45) is 0 Å². The number of aliphatic hydroxyl groups is 1. The number of ether oxygens (including phenoxy) is 2. The van der Waals surface area contributed by atoms with Gasteiger partial charge in [-0.05, 0) is 24.6 Å². The Morgan fingerprint density at radius 2 is 2.18 bits per heavy atom. The quantitative estimate of drug-likeness (QED) is 0.669. The number of nitrogens with one attached hydrogen (secondary N) is 1. The van der Waals surface area contributed by atoms with Crippen molar-refractivity contribution in [3.8, 4) is 5.75 Å². The second-order valence-corrected chi connectivity index (χ2v) is 3.97. The van der Waals surface area contributed by atoms with Crippen LogP contribution in [0.15, 0.2) is 24.3 Å². The van der Waals surface area contributed by atoms with Crippen molar-refractivity contribution >= 4 is 0 Å². The molecule has 1 rings (SSSR count). The fourth-order valence-corrected chi connectivity index (χ4v) is 1.41. The summed E-state index contributed by atoms with van der Waals surface area (Å²) in [5.74, 6) is 0.846. The van der Waals surface area contributed by atoms with Gasteiger partial charge in [0.2, 0.25) is 0 Å². The molecule has 17 heavy (non-hydrogen) atoms. The van der Waals surface area contributed by atoms with Crippen LogP contribution in [-0.2, 0) is 11.3 Å². The lowest BCUT2D eigenvalue weighted by Gasteiger charge is -2.09. The van der Waals surface area contributed by atoms with Gasteiger partial charge < -0.3 is 19.9 Å². The third-order valence-corrected chi connectivity index (χ3v) is 2.22. The summed E-state index contributed by atoms with van der Waals surface area (Å²) in [7, 11) is 1.65. The van der Waals surface area contributed by atoms with Crippen molar-refractivity contribution in [3.05, 3.63) is 29.8 Å². The van der Waals surface area contributed by atoms with Crippen molar-refractivity contribution in [1.29, 1.82) is 0 Å². The van der Waals surface area contributed by atoms with Gasteiger partial charge in [0.1, 0.15) is 12.4 Å². The van der Waals surface area contributed by atoms with Gasteiger partial charge in [-0.2, -0.15) is 0 Å². The number of benzene rings is 1. The van der Waals surface area contributed by atoms with E-state index < -0.39 is 0 Å². The number of methoxy groups -OCH3 is 1. The van der Waals surface area contributed by atoms with Crippen LogP contribution < -0.4 is 10.1 Å². The highest BCUT2D eigenvalue weighted by atomic mass is 16.5. The van der Waals surface area contributed by atoms with E-state index in [4.69, 9.17) is 14.6 Å². The summed E-state index contributed by atoms with van der Waals surface area (Å²) in [5, 5.41) is 12.3. The molecule has 0 heterocycles. The van der Waals surface area contributed by atoms with Gasteiger partial charge in [0.05, 0.1) is 12.7 Å². The first-order chi connectivity index (χ1) is 8.22. The van der Waals surface area contributed by atoms with E-state index in [0.29, 0.717) is 19.8 Å². The second-order valence-electron chi connectivity index (χ2n) is 3.97. The van der Waals surface area contributed by atoms with Crippen LogP contribution in [0.25, 0.3) is 0 Å². The summed E-state index contributed by atoms with van der Waals surface area (Å²) in [6.07, 6.45) is -0.323. The van der Waals surface area contributed by atoms with Crippen LogP contribution in [0.1, 0.15) is 12.5 Å². The normalized spacial score (nSPS) is 12.4. The molecule has 1 aromatic carbocycles. The number of rotatable bonds is 8. The lowest BCUT2D eigenvalue weighted by molar-refractivity contribution is 0.146. The van der Waals surface area contributed by atoms with Crippen molar-refractivity contribution in [1.82, 2.24) is 5.32 Å². The van der Waals surface area contributed by atoms with Gasteiger partial charge in [-0.3, -0.25) is 0 Å². The predicted molar refractivity (Wildman–Crippen MR) is 67.2 cm³/mol. The van der Waals surface area contributed by atoms with E-state index in [1.807, 2.05) is 24.3 Å².